The molecule has 22 heavy (non-hydrogen) atoms. The molecule has 0 aromatic rings. The highest BCUT2D eigenvalue weighted by Crippen LogP contribution is 2.27. The van der Waals surface area contributed by atoms with Gasteiger partial charge in [0.2, 0.25) is 0 Å². The van der Waals surface area contributed by atoms with Crippen molar-refractivity contribution in [1.29, 1.82) is 0 Å². The Morgan fingerprint density at radius 2 is 1.45 bits per heavy atom. The molecule has 0 amide bonds. The standard InChI is InChI=1S/C12H22O10/c13-2-6-4(15)1-5(11(19)20-6)21-12-10(18)9(17)8(16)7(3-14)22-12/h4-19H,1-3H2/t4-,5-,6+,7+,8+,9-,10-,11+,12+/m0/s1. The number of aliphatic hydroxyl groups excluding tert-OH is 7. The molecule has 0 radical (unpaired) electrons. The maximum atomic E-state index is 9.84. The van der Waals surface area contributed by atoms with Crippen molar-refractivity contribution in [1.82, 2.24) is 0 Å². The third kappa shape index (κ3) is 3.57. The van der Waals surface area contributed by atoms with Gasteiger partial charge in [-0.1, -0.05) is 0 Å². The van der Waals surface area contributed by atoms with Crippen LogP contribution in [0.15, 0.2) is 0 Å². The van der Waals surface area contributed by atoms with Crippen LogP contribution in [0.1, 0.15) is 6.42 Å². The van der Waals surface area contributed by atoms with Crippen molar-refractivity contribution < 1.29 is 50.0 Å². The molecule has 10 nitrogen and oxygen atoms in total. The van der Waals surface area contributed by atoms with E-state index >= 15 is 0 Å². The van der Waals surface area contributed by atoms with Crippen LogP contribution in [0.5, 0.6) is 0 Å². The molecule has 2 saturated heterocycles. The van der Waals surface area contributed by atoms with Gasteiger partial charge in [-0.15, -0.1) is 0 Å². The Morgan fingerprint density at radius 1 is 0.818 bits per heavy atom. The first kappa shape index (κ1) is 17.9. The lowest BCUT2D eigenvalue weighted by Gasteiger charge is -2.43. The second-order valence-corrected chi connectivity index (χ2v) is 5.42. The summed E-state index contributed by atoms with van der Waals surface area (Å²) in [6, 6.07) is 0. The van der Waals surface area contributed by atoms with Crippen LogP contribution in [0, 0.1) is 0 Å². The summed E-state index contributed by atoms with van der Waals surface area (Å²) in [6.45, 7) is -1.09. The smallest absolute Gasteiger partial charge is 0.187 e. The van der Waals surface area contributed by atoms with E-state index in [2.05, 4.69) is 0 Å². The van der Waals surface area contributed by atoms with Gasteiger partial charge in [-0.3, -0.25) is 0 Å². The van der Waals surface area contributed by atoms with Crippen molar-refractivity contribution in [2.45, 2.75) is 61.7 Å². The minimum atomic E-state index is -1.61. The lowest BCUT2D eigenvalue weighted by molar-refractivity contribution is -0.345. The zero-order chi connectivity index (χ0) is 16.4. The van der Waals surface area contributed by atoms with E-state index in [0.29, 0.717) is 0 Å². The first-order chi connectivity index (χ1) is 10.4. The van der Waals surface area contributed by atoms with Crippen molar-refractivity contribution in [3.8, 4) is 0 Å². The molecule has 2 aliphatic rings. The molecule has 10 heteroatoms. The Kier molecular flexibility index (Phi) is 6.07. The van der Waals surface area contributed by atoms with Crippen molar-refractivity contribution in [2.75, 3.05) is 13.2 Å². The van der Waals surface area contributed by atoms with Crippen LogP contribution in [0.3, 0.4) is 0 Å². The van der Waals surface area contributed by atoms with Gasteiger partial charge in [0, 0.05) is 6.42 Å². The van der Waals surface area contributed by atoms with Gasteiger partial charge in [0.05, 0.1) is 19.3 Å². The minimum absolute atomic E-state index is 0.0958. The molecule has 0 aliphatic carbocycles. The Hall–Kier alpha value is -0.400. The van der Waals surface area contributed by atoms with Crippen LogP contribution in [0.25, 0.3) is 0 Å². The first-order valence-electron chi connectivity index (χ1n) is 6.97. The number of rotatable bonds is 4. The molecule has 130 valence electrons. The van der Waals surface area contributed by atoms with Crippen LogP contribution in [0.4, 0.5) is 0 Å². The molecule has 2 rings (SSSR count). The Bertz CT molecular complexity index is 353. The van der Waals surface area contributed by atoms with E-state index < -0.39 is 68.5 Å². The molecule has 0 saturated carbocycles. The third-order valence-corrected chi connectivity index (χ3v) is 3.87. The highest BCUT2D eigenvalue weighted by atomic mass is 16.7. The average molecular weight is 326 g/mol. The summed E-state index contributed by atoms with van der Waals surface area (Å²) in [5, 5.41) is 66.7. The fourth-order valence-corrected chi connectivity index (χ4v) is 2.50. The molecule has 0 bridgehead atoms. The quantitative estimate of drug-likeness (QED) is 0.268. The van der Waals surface area contributed by atoms with E-state index in [0.717, 1.165) is 0 Å². The van der Waals surface area contributed by atoms with Gasteiger partial charge < -0.3 is 50.0 Å². The highest BCUT2D eigenvalue weighted by Gasteiger charge is 2.47. The topological polar surface area (TPSA) is 169 Å². The number of ether oxygens (including phenoxy) is 3. The van der Waals surface area contributed by atoms with Crippen molar-refractivity contribution in [3.05, 3.63) is 0 Å². The Morgan fingerprint density at radius 3 is 2.05 bits per heavy atom. The third-order valence-electron chi connectivity index (χ3n) is 3.87. The fourth-order valence-electron chi connectivity index (χ4n) is 2.50. The zero-order valence-corrected chi connectivity index (χ0v) is 11.7. The molecule has 2 aliphatic heterocycles. The molecule has 0 aromatic heterocycles. The summed E-state index contributed by atoms with van der Waals surface area (Å²) in [7, 11) is 0. The van der Waals surface area contributed by atoms with Crippen molar-refractivity contribution in [3.63, 3.8) is 0 Å². The van der Waals surface area contributed by atoms with Gasteiger partial charge in [0.15, 0.2) is 12.6 Å². The summed E-state index contributed by atoms with van der Waals surface area (Å²) < 4.78 is 15.4. The van der Waals surface area contributed by atoms with Crippen LogP contribution in [-0.4, -0.2) is 104 Å². The number of hydrogen-bond acceptors (Lipinski definition) is 10. The van der Waals surface area contributed by atoms with Crippen molar-refractivity contribution >= 4 is 0 Å². The molecule has 0 unspecified atom stereocenters. The van der Waals surface area contributed by atoms with Gasteiger partial charge in [0.1, 0.15) is 36.6 Å². The van der Waals surface area contributed by atoms with Crippen LogP contribution in [-0.2, 0) is 14.2 Å². The van der Waals surface area contributed by atoms with E-state index in [-0.39, 0.29) is 6.42 Å². The predicted molar refractivity (Wildman–Crippen MR) is 67.2 cm³/mol. The average Bonchev–Trinajstić information content (AvgIpc) is 2.50. The zero-order valence-electron chi connectivity index (χ0n) is 11.7. The minimum Gasteiger partial charge on any atom is -0.394 e. The molecule has 0 spiro atoms. The maximum Gasteiger partial charge on any atom is 0.187 e. The summed E-state index contributed by atoms with van der Waals surface area (Å²) in [5.74, 6) is 0. The Labute approximate surface area is 126 Å². The van der Waals surface area contributed by atoms with E-state index in [1.807, 2.05) is 0 Å². The Balaban J connectivity index is 2.00. The summed E-state index contributed by atoms with van der Waals surface area (Å²) in [6.07, 6.45) is -12.0. The van der Waals surface area contributed by atoms with Gasteiger partial charge in [-0.2, -0.15) is 0 Å². The molecule has 7 N–H and O–H groups in total. The first-order valence-corrected chi connectivity index (χ1v) is 6.97. The molecule has 2 fully saturated rings. The van der Waals surface area contributed by atoms with Gasteiger partial charge >= 0.3 is 0 Å². The van der Waals surface area contributed by atoms with Crippen LogP contribution < -0.4 is 0 Å². The highest BCUT2D eigenvalue weighted by molar-refractivity contribution is 4.90. The summed E-state index contributed by atoms with van der Waals surface area (Å²) in [4.78, 5) is 0. The number of aliphatic hydroxyl groups is 7. The largest absolute Gasteiger partial charge is 0.394 e. The van der Waals surface area contributed by atoms with Gasteiger partial charge in [-0.25, -0.2) is 0 Å². The van der Waals surface area contributed by atoms with Gasteiger partial charge in [-0.05, 0) is 0 Å². The van der Waals surface area contributed by atoms with Crippen LogP contribution >= 0.6 is 0 Å². The maximum absolute atomic E-state index is 9.84. The molecule has 2 heterocycles. The second-order valence-electron chi connectivity index (χ2n) is 5.42. The summed E-state index contributed by atoms with van der Waals surface area (Å²) in [5.41, 5.74) is 0. The fraction of sp³-hybridized carbons (Fsp3) is 1.00. The summed E-state index contributed by atoms with van der Waals surface area (Å²) >= 11 is 0. The van der Waals surface area contributed by atoms with E-state index in [4.69, 9.17) is 24.4 Å². The lowest BCUT2D eigenvalue weighted by atomic mass is 9.98. The normalized spacial score (nSPS) is 50.0. The van der Waals surface area contributed by atoms with Crippen molar-refractivity contribution in [2.24, 2.45) is 0 Å². The second kappa shape index (κ2) is 7.45. The van der Waals surface area contributed by atoms with E-state index in [1.165, 1.54) is 0 Å². The van der Waals surface area contributed by atoms with Gasteiger partial charge in [0.25, 0.3) is 0 Å². The molecular formula is C12H22O10. The number of hydrogen-bond donors (Lipinski definition) is 7. The van der Waals surface area contributed by atoms with E-state index in [1.54, 1.807) is 0 Å². The van der Waals surface area contributed by atoms with Crippen LogP contribution in [0.2, 0.25) is 0 Å². The molecule has 9 atom stereocenters. The monoisotopic (exact) mass is 326 g/mol. The lowest BCUT2D eigenvalue weighted by Crippen LogP contribution is -2.61. The molecular weight excluding hydrogens is 304 g/mol. The molecule has 0 aromatic carbocycles. The SMILES string of the molecule is OC[C@H]1O[C@@H](O[C@H]2C[C@H](O)[C@@H](CO)O[C@H]2O)[C@@H](O)[C@@H](O)[C@@H]1O. The van der Waals surface area contributed by atoms with E-state index in [9.17, 15) is 25.5 Å². The predicted octanol–water partition coefficient (Wildman–Crippen LogP) is -4.37.